The number of benzene rings is 2. The Hall–Kier alpha value is -4.10. The van der Waals surface area contributed by atoms with Gasteiger partial charge in [-0.05, 0) is 78.8 Å². The smallest absolute Gasteiger partial charge is 0.411 e. The van der Waals surface area contributed by atoms with Gasteiger partial charge in [-0.25, -0.2) is 9.78 Å². The molecule has 0 aliphatic rings. The van der Waals surface area contributed by atoms with Crippen LogP contribution in [0.5, 0.6) is 0 Å². The molecule has 1 heterocycles. The van der Waals surface area contributed by atoms with Crippen LogP contribution in [0.15, 0.2) is 103 Å². The summed E-state index contributed by atoms with van der Waals surface area (Å²) in [5.74, 6) is 0.787. The lowest BCUT2D eigenvalue weighted by molar-refractivity contribution is 0.0212. The number of methoxy groups -OCH3 is 1. The van der Waals surface area contributed by atoms with Crippen LogP contribution in [0, 0.1) is 0 Å². The van der Waals surface area contributed by atoms with Crippen molar-refractivity contribution >= 4 is 47.5 Å². The predicted octanol–water partition coefficient (Wildman–Crippen LogP) is 11.0. The number of imidazole rings is 1. The van der Waals surface area contributed by atoms with Crippen molar-refractivity contribution in [3.8, 4) is 11.3 Å². The van der Waals surface area contributed by atoms with Crippen molar-refractivity contribution in [1.29, 1.82) is 0 Å². The molecule has 1 aromatic heterocycles. The minimum Gasteiger partial charge on any atom is -0.443 e. The summed E-state index contributed by atoms with van der Waals surface area (Å²) in [4.78, 5) is 17.0. The van der Waals surface area contributed by atoms with Crippen molar-refractivity contribution in [2.24, 2.45) is 0 Å². The maximum Gasteiger partial charge on any atom is 0.411 e. The van der Waals surface area contributed by atoms with Crippen LogP contribution < -0.4 is 5.32 Å². The molecule has 0 aliphatic carbocycles. The molecule has 1 N–H and O–H groups in total. The third-order valence-electron chi connectivity index (χ3n) is 7.59. The number of aromatic nitrogens is 2. The summed E-state index contributed by atoms with van der Waals surface area (Å²) in [6.07, 6.45) is 21.4. The second-order valence-corrected chi connectivity index (χ2v) is 12.1. The number of ether oxygens (including phenoxy) is 2. The fraction of sp³-hybridized carbons (Fsp3) is 0.282. The number of hydrogen-bond acceptors (Lipinski definition) is 4. The fourth-order valence-corrected chi connectivity index (χ4v) is 5.00. The van der Waals surface area contributed by atoms with Crippen LogP contribution in [0.4, 0.5) is 4.79 Å². The van der Waals surface area contributed by atoms with Crippen molar-refractivity contribution in [2.75, 3.05) is 13.7 Å². The molecule has 248 valence electrons. The van der Waals surface area contributed by atoms with Gasteiger partial charge >= 0.3 is 6.09 Å². The lowest BCUT2D eigenvalue weighted by atomic mass is 10.0. The first-order valence-corrected chi connectivity index (χ1v) is 16.5. The zero-order valence-corrected chi connectivity index (χ0v) is 29.4. The van der Waals surface area contributed by atoms with Gasteiger partial charge in [-0.2, -0.15) is 0 Å². The molecule has 2 aromatic carbocycles. The number of allylic oxidation sites excluding steroid dienone is 5. The quantitative estimate of drug-likeness (QED) is 0.154. The van der Waals surface area contributed by atoms with E-state index in [1.807, 2.05) is 93.7 Å². The molecule has 47 heavy (non-hydrogen) atoms. The molecule has 0 radical (unpaired) electrons. The highest BCUT2D eigenvalue weighted by Gasteiger charge is 2.23. The molecule has 3 aromatic rings. The Bertz CT molecular complexity index is 1640. The van der Waals surface area contributed by atoms with Gasteiger partial charge in [0.15, 0.2) is 0 Å². The van der Waals surface area contributed by atoms with E-state index >= 15 is 0 Å². The lowest BCUT2D eigenvalue weighted by Crippen LogP contribution is -2.34. The first-order chi connectivity index (χ1) is 22.6. The van der Waals surface area contributed by atoms with Gasteiger partial charge in [0.2, 0.25) is 0 Å². The summed E-state index contributed by atoms with van der Waals surface area (Å²) < 4.78 is 12.8. The largest absolute Gasteiger partial charge is 0.443 e. The van der Waals surface area contributed by atoms with Crippen LogP contribution in [-0.2, 0) is 16.0 Å². The SMILES string of the molecule is C=C(/C=C\C(=C/CC)Cn1cc(-c2ccc(Cl)cc2Cl)nc1/C=C/c1ccc(/C=C/C=C\NC(=O)OC(C)(CC)CC)cc1)COC. The predicted molar refractivity (Wildman–Crippen MR) is 198 cm³/mol. The third-order valence-corrected chi connectivity index (χ3v) is 8.14. The summed E-state index contributed by atoms with van der Waals surface area (Å²) in [5.41, 5.74) is 5.19. The van der Waals surface area contributed by atoms with Crippen LogP contribution in [-0.4, -0.2) is 35.0 Å². The Labute approximate surface area is 289 Å². The Morgan fingerprint density at radius 2 is 1.70 bits per heavy atom. The van der Waals surface area contributed by atoms with Crippen LogP contribution in [0.25, 0.3) is 29.5 Å². The van der Waals surface area contributed by atoms with E-state index in [1.54, 1.807) is 25.5 Å². The van der Waals surface area contributed by atoms with Gasteiger partial charge in [-0.3, -0.25) is 5.32 Å². The number of carbonyl (C=O) groups excluding carboxylic acids is 1. The minimum atomic E-state index is -0.456. The summed E-state index contributed by atoms with van der Waals surface area (Å²) in [7, 11) is 1.66. The van der Waals surface area contributed by atoms with E-state index < -0.39 is 11.7 Å². The zero-order chi connectivity index (χ0) is 34.2. The monoisotopic (exact) mass is 673 g/mol. The first-order valence-electron chi connectivity index (χ1n) is 15.8. The molecule has 0 saturated heterocycles. The molecular formula is C39H45Cl2N3O3. The van der Waals surface area contributed by atoms with Crippen LogP contribution in [0.1, 0.15) is 63.9 Å². The van der Waals surface area contributed by atoms with Gasteiger partial charge in [-0.1, -0.05) is 111 Å². The number of halogens is 2. The standard InChI is InChI=1S/C39H45Cl2N3O3/c1-7-12-32(15-14-29(4)28-46-6)26-44-27-36(34-22-21-33(40)25-35(34)41)43-37(44)23-20-31-18-16-30(17-19-31)13-10-11-24-42-38(45)47-39(5,8-2)9-3/h10-25,27H,4,7-9,26,28H2,1-3,5-6H3,(H,42,45)/b13-10+,15-14-,23-20+,24-11-,32-12+. The second-order valence-electron chi connectivity index (χ2n) is 11.3. The molecular weight excluding hydrogens is 629 g/mol. The molecule has 3 rings (SSSR count). The van der Waals surface area contributed by atoms with Gasteiger partial charge in [-0.15, -0.1) is 0 Å². The van der Waals surface area contributed by atoms with Crippen molar-refractivity contribution in [1.82, 2.24) is 14.9 Å². The molecule has 0 spiro atoms. The number of amides is 1. The average Bonchev–Trinajstić information content (AvgIpc) is 3.45. The summed E-state index contributed by atoms with van der Waals surface area (Å²) >= 11 is 12.7. The first kappa shape index (κ1) is 37.4. The topological polar surface area (TPSA) is 65.4 Å². The maximum absolute atomic E-state index is 12.0. The molecule has 6 nitrogen and oxygen atoms in total. The number of hydrogen-bond donors (Lipinski definition) is 1. The van der Waals surface area contributed by atoms with E-state index in [-0.39, 0.29) is 0 Å². The van der Waals surface area contributed by atoms with Crippen molar-refractivity contribution in [2.45, 2.75) is 59.1 Å². The maximum atomic E-state index is 12.0. The fourth-order valence-electron chi connectivity index (χ4n) is 4.49. The highest BCUT2D eigenvalue weighted by molar-refractivity contribution is 6.36. The van der Waals surface area contributed by atoms with Crippen molar-refractivity contribution in [3.05, 3.63) is 130 Å². The van der Waals surface area contributed by atoms with E-state index in [9.17, 15) is 4.79 Å². The van der Waals surface area contributed by atoms with E-state index in [4.69, 9.17) is 37.7 Å². The number of rotatable bonds is 16. The molecule has 0 bridgehead atoms. The summed E-state index contributed by atoms with van der Waals surface area (Å²) in [5, 5.41) is 3.77. The number of carbonyl (C=O) groups is 1. The Morgan fingerprint density at radius 3 is 2.34 bits per heavy atom. The van der Waals surface area contributed by atoms with Gasteiger partial charge in [0.05, 0.1) is 17.3 Å². The molecule has 0 saturated carbocycles. The number of nitrogens with zero attached hydrogens (tertiary/aromatic N) is 2. The Balaban J connectivity index is 1.77. The van der Waals surface area contributed by atoms with Gasteiger partial charge in [0.25, 0.3) is 0 Å². The van der Waals surface area contributed by atoms with E-state index in [2.05, 4.69) is 35.5 Å². The number of nitrogens with one attached hydrogen (secondary N) is 1. The molecule has 0 unspecified atom stereocenters. The van der Waals surface area contributed by atoms with E-state index in [0.29, 0.717) is 23.2 Å². The van der Waals surface area contributed by atoms with Crippen LogP contribution >= 0.6 is 23.2 Å². The third kappa shape index (κ3) is 12.2. The number of alkyl carbamates (subject to hydrolysis) is 1. The molecule has 0 aliphatic heterocycles. The normalized spacial score (nSPS) is 12.6. The molecule has 1 amide bonds. The second kappa shape index (κ2) is 18.9. The summed E-state index contributed by atoms with van der Waals surface area (Å²) in [6.45, 7) is 13.2. The van der Waals surface area contributed by atoms with Crippen molar-refractivity contribution < 1.29 is 14.3 Å². The van der Waals surface area contributed by atoms with Crippen LogP contribution in [0.2, 0.25) is 10.0 Å². The lowest BCUT2D eigenvalue weighted by Gasteiger charge is -2.26. The van der Waals surface area contributed by atoms with Gasteiger partial charge in [0.1, 0.15) is 11.4 Å². The average molecular weight is 675 g/mol. The summed E-state index contributed by atoms with van der Waals surface area (Å²) in [6, 6.07) is 13.6. The minimum absolute atomic E-state index is 0.456. The zero-order valence-electron chi connectivity index (χ0n) is 27.9. The highest BCUT2D eigenvalue weighted by atomic mass is 35.5. The molecule has 0 fully saturated rings. The molecule has 0 atom stereocenters. The van der Waals surface area contributed by atoms with Crippen LogP contribution in [0.3, 0.4) is 0 Å². The van der Waals surface area contributed by atoms with E-state index in [0.717, 1.165) is 58.6 Å². The Kier molecular flexibility index (Phi) is 15.0. The van der Waals surface area contributed by atoms with Crippen molar-refractivity contribution in [3.63, 3.8) is 0 Å². The highest BCUT2D eigenvalue weighted by Crippen LogP contribution is 2.30. The molecule has 8 heteroatoms. The van der Waals surface area contributed by atoms with Gasteiger partial charge in [0, 0.05) is 36.6 Å². The van der Waals surface area contributed by atoms with E-state index in [1.165, 1.54) is 0 Å². The van der Waals surface area contributed by atoms with Gasteiger partial charge < -0.3 is 14.0 Å². The Morgan fingerprint density at radius 1 is 1.00 bits per heavy atom.